The van der Waals surface area contributed by atoms with Gasteiger partial charge in [0.25, 0.3) is 5.91 Å². The van der Waals surface area contributed by atoms with Crippen LogP contribution in [0.1, 0.15) is 26.0 Å². The van der Waals surface area contributed by atoms with Crippen molar-refractivity contribution in [2.24, 2.45) is 5.16 Å². The normalized spacial score (nSPS) is 30.0. The third kappa shape index (κ3) is 5.92. The molecule has 0 saturated carbocycles. The first kappa shape index (κ1) is 28.5. The van der Waals surface area contributed by atoms with E-state index in [9.17, 15) is 24.7 Å². The molecule has 1 aromatic heterocycles. The van der Waals surface area contributed by atoms with Gasteiger partial charge in [0.05, 0.1) is 23.4 Å². The summed E-state index contributed by atoms with van der Waals surface area (Å²) in [4.78, 5) is 42.8. The van der Waals surface area contributed by atoms with Crippen LogP contribution >= 0.6 is 34.9 Å². The summed E-state index contributed by atoms with van der Waals surface area (Å²) in [6.45, 7) is 4.09. The molecular weight excluding hydrogens is 529 g/mol. The molecule has 4 heterocycles. The molecule has 2 amide bonds. The van der Waals surface area contributed by atoms with Gasteiger partial charge in [-0.2, -0.15) is 0 Å². The quantitative estimate of drug-likeness (QED) is 0.0987. The smallest absolute Gasteiger partial charge is 0.549 e. The number of nitrogens with one attached hydrogen (secondary N) is 1. The van der Waals surface area contributed by atoms with E-state index < -0.39 is 39.7 Å². The molecule has 4 rings (SSSR count). The second-order valence-corrected chi connectivity index (χ2v) is 11.9. The number of amides is 2. The first-order valence-electron chi connectivity index (χ1n) is 10.4. The van der Waals surface area contributed by atoms with Crippen LogP contribution < -0.4 is 45.7 Å². The largest absolute Gasteiger partial charge is 1.00 e. The molecule has 3 aliphatic heterocycles. The summed E-state index contributed by atoms with van der Waals surface area (Å²) in [5.74, 6) is -2.57. The van der Waals surface area contributed by atoms with Gasteiger partial charge in [0.2, 0.25) is 5.91 Å². The van der Waals surface area contributed by atoms with Crippen LogP contribution in [0.4, 0.5) is 5.13 Å². The van der Waals surface area contributed by atoms with E-state index in [1.165, 1.54) is 33.8 Å². The van der Waals surface area contributed by atoms with Crippen molar-refractivity contribution in [3.63, 3.8) is 0 Å². The number of nitrogen functional groups attached to an aromatic ring is 1. The topological polar surface area (TPSA) is 180 Å². The van der Waals surface area contributed by atoms with E-state index in [0.717, 1.165) is 11.3 Å². The molecule has 3 saturated heterocycles. The van der Waals surface area contributed by atoms with Crippen LogP contribution in [0.3, 0.4) is 0 Å². The van der Waals surface area contributed by atoms with Gasteiger partial charge >= 0.3 is 29.6 Å². The summed E-state index contributed by atoms with van der Waals surface area (Å²) in [6.07, 6.45) is 0.466. The number of ether oxygens (including phenoxy) is 2. The predicted octanol–water partition coefficient (Wildman–Crippen LogP) is -3.93. The van der Waals surface area contributed by atoms with Crippen molar-refractivity contribution in [1.82, 2.24) is 15.2 Å². The average molecular weight is 554 g/mol. The number of nitrogens with two attached hydrogens (primary N) is 1. The van der Waals surface area contributed by atoms with E-state index in [4.69, 9.17) is 15.2 Å². The maximum atomic E-state index is 12.8. The molecular formula is C19H24N5NaO7S3. The summed E-state index contributed by atoms with van der Waals surface area (Å²) in [5, 5.41) is 28.1. The van der Waals surface area contributed by atoms with Crippen molar-refractivity contribution in [2.75, 3.05) is 30.4 Å². The molecule has 4 atom stereocenters. The number of carboxylic acid groups (broad SMARTS) is 1. The summed E-state index contributed by atoms with van der Waals surface area (Å²) in [5.41, 5.74) is 5.29. The molecule has 3 aliphatic rings. The Kier molecular flexibility index (Phi) is 9.06. The van der Waals surface area contributed by atoms with E-state index in [1.807, 2.05) is 13.8 Å². The molecule has 0 aliphatic carbocycles. The Bertz CT molecular complexity index is 1020. The first-order valence-corrected chi connectivity index (χ1v) is 13.3. The van der Waals surface area contributed by atoms with Crippen molar-refractivity contribution in [1.29, 1.82) is 0 Å². The number of aromatic nitrogens is 1. The van der Waals surface area contributed by atoms with Gasteiger partial charge in [0, 0.05) is 23.4 Å². The zero-order valence-electron chi connectivity index (χ0n) is 19.4. The van der Waals surface area contributed by atoms with Crippen molar-refractivity contribution in [3.05, 3.63) is 11.1 Å². The minimum absolute atomic E-state index is 0. The van der Waals surface area contributed by atoms with Crippen molar-refractivity contribution < 1.29 is 63.7 Å². The fourth-order valence-electron chi connectivity index (χ4n) is 3.94. The molecule has 12 nitrogen and oxygen atoms in total. The van der Waals surface area contributed by atoms with Crippen LogP contribution in [0.15, 0.2) is 10.5 Å². The van der Waals surface area contributed by atoms with Gasteiger partial charge in [-0.05, 0) is 20.3 Å². The molecule has 186 valence electrons. The number of aliphatic carboxylic acids is 1. The Morgan fingerprint density at radius 2 is 2.23 bits per heavy atom. The second-order valence-electron chi connectivity index (χ2n) is 8.51. The van der Waals surface area contributed by atoms with Crippen LogP contribution in [-0.2, 0) is 23.9 Å². The molecule has 35 heavy (non-hydrogen) atoms. The monoisotopic (exact) mass is 553 g/mol. The number of oxime groups is 1. The Hall–Kier alpha value is -1.07. The van der Waals surface area contributed by atoms with Crippen LogP contribution in [0, 0.1) is 0 Å². The zero-order chi connectivity index (χ0) is 24.7. The Labute approximate surface area is 236 Å². The van der Waals surface area contributed by atoms with Crippen molar-refractivity contribution >= 4 is 63.5 Å². The molecule has 0 aromatic carbocycles. The summed E-state index contributed by atoms with van der Waals surface area (Å²) >= 11 is 3.54. The SMILES string of the molecule is CC1(C)OCCC(CSC2(C(=O)[O-])CS[C@@H]3C(NC(=O)C(=NO)c4csc(N)n4)C(=O)N3C2)O1.[Na+]. The molecule has 0 spiro atoms. The number of anilines is 1. The molecule has 0 radical (unpaired) electrons. The number of hydrogen-bond acceptors (Lipinski definition) is 13. The van der Waals surface area contributed by atoms with Crippen LogP contribution in [-0.4, -0.2) is 91.3 Å². The number of fused-ring (bicyclic) bond motifs is 1. The number of thiazole rings is 1. The van der Waals surface area contributed by atoms with Gasteiger partial charge in [0.15, 0.2) is 16.6 Å². The van der Waals surface area contributed by atoms with Gasteiger partial charge < -0.3 is 40.5 Å². The van der Waals surface area contributed by atoms with E-state index in [1.54, 1.807) is 0 Å². The first-order chi connectivity index (χ1) is 16.0. The summed E-state index contributed by atoms with van der Waals surface area (Å²) in [7, 11) is 0. The third-order valence-electron chi connectivity index (χ3n) is 5.68. The summed E-state index contributed by atoms with van der Waals surface area (Å²) < 4.78 is 10.1. The van der Waals surface area contributed by atoms with E-state index in [-0.39, 0.29) is 64.5 Å². The standard InChI is InChI=1S/C19H25N5O7S3.Na/c1-18(2)30-4-3-9(31-18)5-34-19(16(27)28)7-24-14(26)12(15(24)33-8-19)22-13(25)11(23-29)10-6-32-17(20)21-10;/h6,9,12,15,29H,3-5,7-8H2,1-2H3,(H2,20,21)(H,22,25)(H,27,28);/q;+1/p-1/t9?,12?,15-,19?;/m1./s1. The number of carbonyl (C=O) groups excluding carboxylic acids is 3. The number of carboxylic acids is 1. The number of hydrogen-bond donors (Lipinski definition) is 3. The Balaban J connectivity index is 0.00000342. The summed E-state index contributed by atoms with van der Waals surface area (Å²) in [6, 6.07) is -0.880. The number of thioether (sulfide) groups is 2. The number of carbonyl (C=O) groups is 3. The molecule has 1 aromatic rings. The van der Waals surface area contributed by atoms with Gasteiger partial charge in [-0.15, -0.1) is 34.9 Å². The van der Waals surface area contributed by atoms with Gasteiger partial charge in [-0.1, -0.05) is 5.16 Å². The number of nitrogens with zero attached hydrogens (tertiary/aromatic N) is 3. The molecule has 16 heteroatoms. The number of rotatable bonds is 7. The van der Waals surface area contributed by atoms with Gasteiger partial charge in [0.1, 0.15) is 17.1 Å². The minimum Gasteiger partial charge on any atom is -0.549 e. The molecule has 3 fully saturated rings. The Morgan fingerprint density at radius 3 is 2.83 bits per heavy atom. The van der Waals surface area contributed by atoms with Gasteiger partial charge in [-0.3, -0.25) is 9.59 Å². The Morgan fingerprint density at radius 1 is 1.49 bits per heavy atom. The van der Waals surface area contributed by atoms with Crippen LogP contribution in [0.5, 0.6) is 0 Å². The minimum atomic E-state index is -1.30. The van der Waals surface area contributed by atoms with Crippen LogP contribution in [0.2, 0.25) is 0 Å². The maximum Gasteiger partial charge on any atom is 1.00 e. The fraction of sp³-hybridized carbons (Fsp3) is 0.632. The average Bonchev–Trinajstić information content (AvgIpc) is 3.21. The van der Waals surface area contributed by atoms with Crippen molar-refractivity contribution in [3.8, 4) is 0 Å². The van der Waals surface area contributed by atoms with Gasteiger partial charge in [-0.25, -0.2) is 4.98 Å². The zero-order valence-corrected chi connectivity index (χ0v) is 23.8. The van der Waals surface area contributed by atoms with Crippen molar-refractivity contribution in [2.45, 2.75) is 48.3 Å². The second kappa shape index (κ2) is 11.1. The van der Waals surface area contributed by atoms with E-state index >= 15 is 0 Å². The van der Waals surface area contributed by atoms with E-state index in [2.05, 4.69) is 15.5 Å². The maximum absolute atomic E-state index is 12.8. The molecule has 4 N–H and O–H groups in total. The fourth-order valence-corrected chi connectivity index (χ4v) is 7.50. The third-order valence-corrected chi connectivity index (χ3v) is 9.59. The number of β-lactam (4-membered cyclic amide) rings is 1. The molecule has 0 bridgehead atoms. The predicted molar refractivity (Wildman–Crippen MR) is 124 cm³/mol. The van der Waals surface area contributed by atoms with E-state index in [0.29, 0.717) is 18.8 Å². The van der Waals surface area contributed by atoms with Crippen LogP contribution in [0.25, 0.3) is 0 Å². The molecule has 3 unspecified atom stereocenters.